The minimum Gasteiger partial charge on any atom is -0.480 e. The molecule has 0 radical (unpaired) electrons. The van der Waals surface area contributed by atoms with Crippen molar-refractivity contribution < 1.29 is 24.2 Å². The van der Waals surface area contributed by atoms with Crippen molar-refractivity contribution in [2.45, 2.75) is 43.5 Å². The molecule has 8 heteroatoms. The van der Waals surface area contributed by atoms with E-state index in [4.69, 9.17) is 9.84 Å². The van der Waals surface area contributed by atoms with E-state index in [0.29, 0.717) is 19.6 Å². The van der Waals surface area contributed by atoms with E-state index in [2.05, 4.69) is 16.0 Å². The molecule has 2 fully saturated rings. The van der Waals surface area contributed by atoms with Crippen molar-refractivity contribution in [3.8, 4) is 0 Å². The van der Waals surface area contributed by atoms with E-state index in [-0.39, 0.29) is 12.0 Å². The summed E-state index contributed by atoms with van der Waals surface area (Å²) in [4.78, 5) is 35.7. The topological polar surface area (TPSA) is 127 Å². The molecule has 26 heavy (non-hydrogen) atoms. The lowest BCUT2D eigenvalue weighted by Crippen LogP contribution is -2.51. The summed E-state index contributed by atoms with van der Waals surface area (Å²) in [6, 6.07) is 6.90. The molecule has 2 heterocycles. The first kappa shape index (κ1) is 18.3. The number of aliphatic carboxylic acids is 1. The normalized spacial score (nSPS) is 25.3. The summed E-state index contributed by atoms with van der Waals surface area (Å²) in [5.41, 5.74) is 0.906. The average Bonchev–Trinajstić information content (AvgIpc) is 3.29. The SMILES string of the molecule is O=C(NCC1CCCO1)[C@H](Cc1ccccc1)NC(=O)[C@H]1N[C@@H]1C(=O)O. The van der Waals surface area contributed by atoms with Crippen LogP contribution in [-0.2, 0) is 25.5 Å². The molecule has 2 aliphatic heterocycles. The molecule has 2 saturated heterocycles. The molecule has 0 saturated carbocycles. The minimum absolute atomic E-state index is 0.00789. The Bertz CT molecular complexity index is 660. The zero-order valence-electron chi connectivity index (χ0n) is 14.3. The van der Waals surface area contributed by atoms with Gasteiger partial charge in [-0.2, -0.15) is 0 Å². The molecule has 2 aliphatic rings. The fourth-order valence-corrected chi connectivity index (χ4v) is 3.04. The maximum atomic E-state index is 12.6. The number of hydrogen-bond donors (Lipinski definition) is 4. The van der Waals surface area contributed by atoms with Gasteiger partial charge >= 0.3 is 5.97 Å². The molecule has 0 bridgehead atoms. The van der Waals surface area contributed by atoms with Crippen LogP contribution in [0.25, 0.3) is 0 Å². The van der Waals surface area contributed by atoms with Crippen LogP contribution in [0.4, 0.5) is 0 Å². The van der Waals surface area contributed by atoms with Gasteiger partial charge in [-0.3, -0.25) is 19.7 Å². The van der Waals surface area contributed by atoms with Crippen molar-refractivity contribution in [3.05, 3.63) is 35.9 Å². The Kier molecular flexibility index (Phi) is 5.85. The number of hydrogen-bond acceptors (Lipinski definition) is 5. The Morgan fingerprint density at radius 1 is 1.23 bits per heavy atom. The van der Waals surface area contributed by atoms with Crippen molar-refractivity contribution >= 4 is 17.8 Å². The number of carboxylic acids is 1. The van der Waals surface area contributed by atoms with Crippen molar-refractivity contribution in [2.75, 3.05) is 13.2 Å². The zero-order valence-corrected chi connectivity index (χ0v) is 14.3. The van der Waals surface area contributed by atoms with Gasteiger partial charge in [0.2, 0.25) is 11.8 Å². The van der Waals surface area contributed by atoms with Crippen LogP contribution in [0.1, 0.15) is 18.4 Å². The third-order valence-electron chi connectivity index (χ3n) is 4.58. The Labute approximate surface area is 151 Å². The summed E-state index contributed by atoms with van der Waals surface area (Å²) in [6.45, 7) is 1.11. The van der Waals surface area contributed by atoms with Gasteiger partial charge in [-0.05, 0) is 18.4 Å². The van der Waals surface area contributed by atoms with Crippen molar-refractivity contribution in [2.24, 2.45) is 0 Å². The third-order valence-corrected chi connectivity index (χ3v) is 4.58. The molecule has 1 aromatic rings. The first-order valence-corrected chi connectivity index (χ1v) is 8.77. The quantitative estimate of drug-likeness (QED) is 0.460. The molecule has 1 unspecified atom stereocenters. The number of amides is 2. The highest BCUT2D eigenvalue weighted by molar-refractivity contribution is 5.97. The Morgan fingerprint density at radius 3 is 2.62 bits per heavy atom. The zero-order chi connectivity index (χ0) is 18.5. The summed E-state index contributed by atoms with van der Waals surface area (Å²) >= 11 is 0. The van der Waals surface area contributed by atoms with Crippen molar-refractivity contribution in [1.82, 2.24) is 16.0 Å². The fourth-order valence-electron chi connectivity index (χ4n) is 3.04. The van der Waals surface area contributed by atoms with Crippen molar-refractivity contribution in [1.29, 1.82) is 0 Å². The van der Waals surface area contributed by atoms with Crippen molar-refractivity contribution in [3.63, 3.8) is 0 Å². The van der Waals surface area contributed by atoms with Gasteiger partial charge in [0.05, 0.1) is 6.10 Å². The fraction of sp³-hybridized carbons (Fsp3) is 0.500. The van der Waals surface area contributed by atoms with Crippen LogP contribution in [-0.4, -0.2) is 60.3 Å². The maximum Gasteiger partial charge on any atom is 0.322 e. The molecule has 2 amide bonds. The van der Waals surface area contributed by atoms with Crippen LogP contribution in [0, 0.1) is 0 Å². The number of benzene rings is 1. The van der Waals surface area contributed by atoms with Gasteiger partial charge in [0.1, 0.15) is 18.1 Å². The largest absolute Gasteiger partial charge is 0.480 e. The van der Waals surface area contributed by atoms with Crippen LogP contribution < -0.4 is 16.0 Å². The molecule has 0 aromatic heterocycles. The number of nitrogens with one attached hydrogen (secondary N) is 3. The lowest BCUT2D eigenvalue weighted by Gasteiger charge is -2.20. The van der Waals surface area contributed by atoms with Gasteiger partial charge in [0.25, 0.3) is 0 Å². The molecule has 1 aromatic carbocycles. The van der Waals surface area contributed by atoms with Crippen LogP contribution >= 0.6 is 0 Å². The van der Waals surface area contributed by atoms with E-state index in [1.54, 1.807) is 0 Å². The third kappa shape index (κ3) is 4.80. The first-order chi connectivity index (χ1) is 12.5. The second kappa shape index (κ2) is 8.29. The highest BCUT2D eigenvalue weighted by Gasteiger charge is 2.48. The van der Waals surface area contributed by atoms with Gasteiger partial charge < -0.3 is 20.5 Å². The smallest absolute Gasteiger partial charge is 0.322 e. The second-order valence-corrected chi connectivity index (χ2v) is 6.59. The number of carboxylic acid groups (broad SMARTS) is 1. The molecular formula is C18H23N3O5. The van der Waals surface area contributed by atoms with Gasteiger partial charge in [0, 0.05) is 19.6 Å². The predicted molar refractivity (Wildman–Crippen MR) is 92.4 cm³/mol. The lowest BCUT2D eigenvalue weighted by atomic mass is 10.0. The monoisotopic (exact) mass is 361 g/mol. The van der Waals surface area contributed by atoms with Gasteiger partial charge in [0.15, 0.2) is 0 Å². The Morgan fingerprint density at radius 2 is 2.00 bits per heavy atom. The summed E-state index contributed by atoms with van der Waals surface area (Å²) in [5, 5.41) is 17.0. The van der Waals surface area contributed by atoms with Gasteiger partial charge in [-0.15, -0.1) is 0 Å². The average molecular weight is 361 g/mol. The first-order valence-electron chi connectivity index (χ1n) is 8.77. The van der Waals surface area contributed by atoms with E-state index in [9.17, 15) is 14.4 Å². The molecule has 8 nitrogen and oxygen atoms in total. The van der Waals surface area contributed by atoms with Crippen LogP contribution in [0.15, 0.2) is 30.3 Å². The highest BCUT2D eigenvalue weighted by Crippen LogP contribution is 2.13. The standard InChI is InChI=1S/C18H23N3O5/c22-16(19-10-12-7-4-8-26-12)13(9-11-5-2-1-3-6-11)20-17(23)14-15(21-14)18(24)25/h1-3,5-6,12-15,21H,4,7-10H2,(H,19,22)(H,20,23)(H,24,25)/t12?,13-,14-,15-/m0/s1. The summed E-state index contributed by atoms with van der Waals surface area (Å²) in [7, 11) is 0. The van der Waals surface area contributed by atoms with E-state index >= 15 is 0 Å². The Balaban J connectivity index is 1.60. The van der Waals surface area contributed by atoms with Crippen LogP contribution in [0.5, 0.6) is 0 Å². The molecule has 4 atom stereocenters. The number of carbonyl (C=O) groups is 3. The summed E-state index contributed by atoms with van der Waals surface area (Å²) in [5.74, 6) is -1.86. The maximum absolute atomic E-state index is 12.6. The van der Waals surface area contributed by atoms with E-state index in [1.807, 2.05) is 30.3 Å². The molecule has 140 valence electrons. The molecular weight excluding hydrogens is 338 g/mol. The highest BCUT2D eigenvalue weighted by atomic mass is 16.5. The predicted octanol–water partition coefficient (Wildman–Crippen LogP) is -0.566. The number of ether oxygens (including phenoxy) is 1. The molecule has 3 rings (SSSR count). The Hall–Kier alpha value is -2.45. The lowest BCUT2D eigenvalue weighted by molar-refractivity contribution is -0.137. The van der Waals surface area contributed by atoms with E-state index < -0.39 is 30.0 Å². The summed E-state index contributed by atoms with van der Waals surface area (Å²) < 4.78 is 5.49. The molecule has 0 aliphatic carbocycles. The van der Waals surface area contributed by atoms with Gasteiger partial charge in [-0.25, -0.2) is 0 Å². The van der Waals surface area contributed by atoms with Gasteiger partial charge in [-0.1, -0.05) is 30.3 Å². The molecule has 4 N–H and O–H groups in total. The molecule has 0 spiro atoms. The van der Waals surface area contributed by atoms with Crippen LogP contribution in [0.2, 0.25) is 0 Å². The minimum atomic E-state index is -1.08. The number of rotatable bonds is 8. The van der Waals surface area contributed by atoms with E-state index in [1.165, 1.54) is 0 Å². The van der Waals surface area contributed by atoms with Crippen LogP contribution in [0.3, 0.4) is 0 Å². The second-order valence-electron chi connectivity index (χ2n) is 6.59. The number of carbonyl (C=O) groups excluding carboxylic acids is 2. The van der Waals surface area contributed by atoms with E-state index in [0.717, 1.165) is 18.4 Å². The summed E-state index contributed by atoms with van der Waals surface area (Å²) in [6.07, 6.45) is 2.22.